The van der Waals surface area contributed by atoms with Crippen LogP contribution in [0, 0.1) is 28.2 Å². The lowest BCUT2D eigenvalue weighted by atomic mass is 10.1. The van der Waals surface area contributed by atoms with Gasteiger partial charge < -0.3 is 9.63 Å². The number of aromatic hydroxyl groups is 1. The fourth-order valence-corrected chi connectivity index (χ4v) is 4.19. The van der Waals surface area contributed by atoms with Gasteiger partial charge in [0, 0.05) is 24.1 Å². The van der Waals surface area contributed by atoms with Gasteiger partial charge in [0.1, 0.15) is 0 Å². The summed E-state index contributed by atoms with van der Waals surface area (Å²) in [7, 11) is 1.22. The van der Waals surface area contributed by atoms with Crippen molar-refractivity contribution in [2.24, 2.45) is 5.29 Å². The monoisotopic (exact) mass is 422 g/mol. The Hall–Kier alpha value is -0.970. The number of benzene rings is 1. The summed E-state index contributed by atoms with van der Waals surface area (Å²) < 4.78 is 70.2. The molecule has 0 bridgehead atoms. The third-order valence-electron chi connectivity index (χ3n) is 2.85. The Labute approximate surface area is 149 Å². The van der Waals surface area contributed by atoms with E-state index in [-0.39, 0.29) is 19.4 Å². The summed E-state index contributed by atoms with van der Waals surface area (Å²) in [6.07, 6.45) is 0.00374. The highest BCUT2D eigenvalue weighted by Gasteiger charge is 2.24. The molecule has 1 rings (SSSR count). The minimum Gasteiger partial charge on any atom is -0.503 e. The second-order valence-corrected chi connectivity index (χ2v) is 8.72. The van der Waals surface area contributed by atoms with E-state index in [0.29, 0.717) is 16.3 Å². The van der Waals surface area contributed by atoms with Gasteiger partial charge in [0.05, 0.1) is 11.9 Å². The summed E-state index contributed by atoms with van der Waals surface area (Å²) in [4.78, 5) is 10.1. The third kappa shape index (κ3) is 6.36. The van der Waals surface area contributed by atoms with E-state index in [2.05, 4.69) is 5.29 Å². The number of nitroso groups, excluding NO2 is 1. The van der Waals surface area contributed by atoms with Crippen molar-refractivity contribution in [1.82, 2.24) is 4.78 Å². The standard InChI is InChI=1S/C12H15F4N2O4PS2/c1-18(17-20)23(21)22-4-6-25-24-5-2-3-7-8(13)10(15)12(19)11(16)9(7)14/h19,23H,2-6H2,1H3. The number of hydrogen-bond donors (Lipinski definition) is 1. The number of nitrogens with zero attached hydrogens (tertiary/aromatic N) is 2. The molecule has 25 heavy (non-hydrogen) atoms. The molecule has 0 aromatic heterocycles. The van der Waals surface area contributed by atoms with E-state index < -0.39 is 42.8 Å². The fraction of sp³-hybridized carbons (Fsp3) is 0.500. The fourth-order valence-electron chi connectivity index (χ4n) is 1.60. The smallest absolute Gasteiger partial charge is 0.302 e. The maximum absolute atomic E-state index is 13.5. The van der Waals surface area contributed by atoms with Gasteiger partial charge in [-0.15, -0.1) is 4.91 Å². The van der Waals surface area contributed by atoms with E-state index in [1.807, 2.05) is 0 Å². The van der Waals surface area contributed by atoms with Crippen molar-refractivity contribution in [2.45, 2.75) is 12.8 Å². The number of phenols is 1. The number of halogens is 4. The Morgan fingerprint density at radius 2 is 1.68 bits per heavy atom. The summed E-state index contributed by atoms with van der Waals surface area (Å²) in [6, 6.07) is 0. The van der Waals surface area contributed by atoms with Crippen molar-refractivity contribution < 1.29 is 31.8 Å². The van der Waals surface area contributed by atoms with E-state index in [1.54, 1.807) is 0 Å². The Balaban J connectivity index is 2.29. The Morgan fingerprint density at radius 1 is 1.12 bits per heavy atom. The molecule has 1 atom stereocenters. The first-order valence-electron chi connectivity index (χ1n) is 6.83. The van der Waals surface area contributed by atoms with Crippen molar-refractivity contribution >= 4 is 29.8 Å². The zero-order valence-electron chi connectivity index (χ0n) is 12.9. The van der Waals surface area contributed by atoms with E-state index in [0.717, 1.165) is 0 Å². The van der Waals surface area contributed by atoms with Crippen LogP contribution < -0.4 is 0 Å². The van der Waals surface area contributed by atoms with Crippen LogP contribution in [0.2, 0.25) is 0 Å². The average Bonchev–Trinajstić information content (AvgIpc) is 2.61. The lowest BCUT2D eigenvalue weighted by Crippen LogP contribution is -2.04. The molecule has 0 amide bonds. The van der Waals surface area contributed by atoms with Crippen LogP contribution in [0.4, 0.5) is 17.6 Å². The van der Waals surface area contributed by atoms with Gasteiger partial charge in [-0.05, 0) is 12.8 Å². The number of rotatable bonds is 11. The van der Waals surface area contributed by atoms with Crippen LogP contribution in [0.3, 0.4) is 0 Å². The van der Waals surface area contributed by atoms with Gasteiger partial charge in [-0.2, -0.15) is 13.6 Å². The molecule has 0 saturated carbocycles. The van der Waals surface area contributed by atoms with Crippen molar-refractivity contribution in [3.8, 4) is 5.75 Å². The first-order valence-corrected chi connectivity index (χ1v) is 10.6. The van der Waals surface area contributed by atoms with Crippen molar-refractivity contribution in [2.75, 3.05) is 25.2 Å². The molecule has 1 aromatic rings. The average molecular weight is 422 g/mol. The second kappa shape index (κ2) is 10.9. The lowest BCUT2D eigenvalue weighted by Gasteiger charge is -2.09. The number of phenolic OH excluding ortho intramolecular Hbond substituents is 1. The maximum atomic E-state index is 13.5. The van der Waals surface area contributed by atoms with Crippen LogP contribution in [-0.4, -0.2) is 35.0 Å². The van der Waals surface area contributed by atoms with E-state index in [1.165, 1.54) is 28.6 Å². The predicted octanol–water partition coefficient (Wildman–Crippen LogP) is 4.28. The lowest BCUT2D eigenvalue weighted by molar-refractivity contribution is 0.312. The first kappa shape index (κ1) is 22.1. The maximum Gasteiger partial charge on any atom is 0.302 e. The molecule has 1 unspecified atom stereocenters. The highest BCUT2D eigenvalue weighted by Crippen LogP contribution is 2.31. The molecule has 0 aliphatic rings. The van der Waals surface area contributed by atoms with Crippen LogP contribution in [0.1, 0.15) is 12.0 Å². The van der Waals surface area contributed by atoms with Crippen molar-refractivity contribution in [3.05, 3.63) is 33.7 Å². The molecule has 142 valence electrons. The highest BCUT2D eigenvalue weighted by atomic mass is 33.1. The van der Waals surface area contributed by atoms with Crippen molar-refractivity contribution in [3.63, 3.8) is 0 Å². The van der Waals surface area contributed by atoms with Crippen LogP contribution in [-0.2, 0) is 15.5 Å². The molecule has 1 N–H and O–H groups in total. The minimum absolute atomic E-state index is 0.118. The van der Waals surface area contributed by atoms with Gasteiger partial charge in [-0.25, -0.2) is 8.78 Å². The molecule has 13 heteroatoms. The molecule has 0 saturated heterocycles. The van der Waals surface area contributed by atoms with Gasteiger partial charge in [0.2, 0.25) is 11.6 Å². The molecule has 0 spiro atoms. The second-order valence-electron chi connectivity index (χ2n) is 4.55. The molecule has 6 nitrogen and oxygen atoms in total. The zero-order chi connectivity index (χ0) is 19.0. The van der Waals surface area contributed by atoms with E-state index in [4.69, 9.17) is 9.63 Å². The SMILES string of the molecule is CN(N=O)[PH](=O)OCCSSCCCc1c(F)c(F)c(O)c(F)c1F. The topological polar surface area (TPSA) is 79.2 Å². The molecule has 0 heterocycles. The van der Waals surface area contributed by atoms with E-state index >= 15 is 0 Å². The summed E-state index contributed by atoms with van der Waals surface area (Å²) in [6.45, 7) is 0.118. The van der Waals surface area contributed by atoms with Crippen LogP contribution in [0.15, 0.2) is 5.29 Å². The summed E-state index contributed by atoms with van der Waals surface area (Å²) >= 11 is 0. The first-order chi connectivity index (χ1) is 11.8. The molecular formula is C12H15F4N2O4PS2. The molecule has 0 radical (unpaired) electrons. The normalized spacial score (nSPS) is 12.2. The van der Waals surface area contributed by atoms with Gasteiger partial charge in [-0.1, -0.05) is 21.6 Å². The summed E-state index contributed by atoms with van der Waals surface area (Å²) in [5, 5.41) is 11.3. The van der Waals surface area contributed by atoms with Gasteiger partial charge >= 0.3 is 8.18 Å². The van der Waals surface area contributed by atoms with E-state index in [9.17, 15) is 27.0 Å². The molecule has 0 fully saturated rings. The number of hydrogen-bond acceptors (Lipinski definition) is 7. The predicted molar refractivity (Wildman–Crippen MR) is 89.7 cm³/mol. The quantitative estimate of drug-likeness (QED) is 0.108. The molecular weight excluding hydrogens is 407 g/mol. The van der Waals surface area contributed by atoms with Gasteiger partial charge in [0.25, 0.3) is 0 Å². The van der Waals surface area contributed by atoms with Gasteiger partial charge in [-0.3, -0.25) is 4.57 Å². The van der Waals surface area contributed by atoms with Gasteiger partial charge in [0.15, 0.2) is 17.4 Å². The van der Waals surface area contributed by atoms with Crippen molar-refractivity contribution in [1.29, 1.82) is 0 Å². The summed E-state index contributed by atoms with van der Waals surface area (Å²) in [5.74, 6) is -7.60. The molecule has 1 aromatic carbocycles. The highest BCUT2D eigenvalue weighted by molar-refractivity contribution is 8.76. The summed E-state index contributed by atoms with van der Waals surface area (Å²) in [5.41, 5.74) is -0.746. The Morgan fingerprint density at radius 3 is 2.24 bits per heavy atom. The van der Waals surface area contributed by atoms with Crippen LogP contribution >= 0.6 is 29.8 Å². The van der Waals surface area contributed by atoms with Crippen LogP contribution in [0.5, 0.6) is 5.75 Å². The molecule has 0 aliphatic heterocycles. The molecule has 0 aliphatic carbocycles. The third-order valence-corrected chi connectivity index (χ3v) is 6.36. The Bertz CT molecular complexity index is 613. The Kier molecular flexibility index (Phi) is 9.62. The zero-order valence-corrected chi connectivity index (χ0v) is 15.6. The van der Waals surface area contributed by atoms with Crippen LogP contribution in [0.25, 0.3) is 0 Å². The largest absolute Gasteiger partial charge is 0.503 e. The minimum atomic E-state index is -2.67.